The molecule has 0 spiro atoms. The summed E-state index contributed by atoms with van der Waals surface area (Å²) >= 11 is 0. The minimum atomic E-state index is 1.20. The van der Waals surface area contributed by atoms with E-state index in [0.29, 0.717) is 0 Å². The molecule has 1 heteroatoms. The van der Waals surface area contributed by atoms with E-state index in [9.17, 15) is 0 Å². The molecule has 0 aliphatic carbocycles. The summed E-state index contributed by atoms with van der Waals surface area (Å²) in [4.78, 5) is 2.60. The predicted molar refractivity (Wildman–Crippen MR) is 85.9 cm³/mol. The molecule has 0 radical (unpaired) electrons. The van der Waals surface area contributed by atoms with E-state index in [1.165, 1.54) is 62.0 Å². The maximum atomic E-state index is 2.60. The van der Waals surface area contributed by atoms with Crippen LogP contribution in [0.3, 0.4) is 0 Å². The van der Waals surface area contributed by atoms with Crippen molar-refractivity contribution in [3.8, 4) is 11.1 Å². The number of likely N-dealkylation sites (tertiary alicyclic amines) is 1. The van der Waals surface area contributed by atoms with Crippen molar-refractivity contribution in [1.82, 2.24) is 4.90 Å². The molecule has 1 heterocycles. The van der Waals surface area contributed by atoms with Crippen LogP contribution < -0.4 is 0 Å². The Balaban J connectivity index is 1.53. The molecule has 0 amide bonds. The van der Waals surface area contributed by atoms with Crippen molar-refractivity contribution in [2.75, 3.05) is 19.6 Å². The zero-order valence-corrected chi connectivity index (χ0v) is 12.1. The Morgan fingerprint density at radius 3 is 2.10 bits per heavy atom. The van der Waals surface area contributed by atoms with Gasteiger partial charge < -0.3 is 4.90 Å². The van der Waals surface area contributed by atoms with E-state index in [4.69, 9.17) is 0 Å². The Kier molecular flexibility index (Phi) is 4.49. The SMILES string of the molecule is c1ccc(-c2ccc(CCCN3CCCC3)cc2)cc1. The first-order chi connectivity index (χ1) is 9.92. The third-order valence-corrected chi connectivity index (χ3v) is 4.20. The maximum absolute atomic E-state index is 2.60. The monoisotopic (exact) mass is 265 g/mol. The van der Waals surface area contributed by atoms with Gasteiger partial charge in [0.15, 0.2) is 0 Å². The number of benzene rings is 2. The van der Waals surface area contributed by atoms with Crippen LogP contribution in [0.25, 0.3) is 11.1 Å². The van der Waals surface area contributed by atoms with E-state index in [0.717, 1.165) is 0 Å². The Morgan fingerprint density at radius 1 is 0.750 bits per heavy atom. The molecule has 0 N–H and O–H groups in total. The Morgan fingerprint density at radius 2 is 1.40 bits per heavy atom. The first-order valence-corrected chi connectivity index (χ1v) is 7.78. The van der Waals surface area contributed by atoms with Gasteiger partial charge in [0.05, 0.1) is 0 Å². The van der Waals surface area contributed by atoms with E-state index in [-0.39, 0.29) is 0 Å². The summed E-state index contributed by atoms with van der Waals surface area (Å²) in [5.74, 6) is 0. The first-order valence-electron chi connectivity index (χ1n) is 7.78. The Bertz CT molecular complexity index is 509. The average molecular weight is 265 g/mol. The number of rotatable bonds is 5. The van der Waals surface area contributed by atoms with Gasteiger partial charge >= 0.3 is 0 Å². The van der Waals surface area contributed by atoms with Gasteiger partial charge in [0.25, 0.3) is 0 Å². The summed E-state index contributed by atoms with van der Waals surface area (Å²) in [6.45, 7) is 3.89. The van der Waals surface area contributed by atoms with Crippen LogP contribution in [0.15, 0.2) is 54.6 Å². The van der Waals surface area contributed by atoms with Crippen LogP contribution in [0.4, 0.5) is 0 Å². The topological polar surface area (TPSA) is 3.24 Å². The maximum Gasteiger partial charge on any atom is -0.00156 e. The van der Waals surface area contributed by atoms with E-state index >= 15 is 0 Å². The number of aryl methyl sites for hydroxylation is 1. The molecule has 3 rings (SSSR count). The van der Waals surface area contributed by atoms with Crippen LogP contribution in [0.2, 0.25) is 0 Å². The van der Waals surface area contributed by atoms with Crippen molar-refractivity contribution in [2.45, 2.75) is 25.7 Å². The molecule has 0 aromatic heterocycles. The average Bonchev–Trinajstić information content (AvgIpc) is 3.02. The highest BCUT2D eigenvalue weighted by Crippen LogP contribution is 2.19. The largest absolute Gasteiger partial charge is 0.303 e. The van der Waals surface area contributed by atoms with Gasteiger partial charge in [-0.2, -0.15) is 0 Å². The van der Waals surface area contributed by atoms with Crippen LogP contribution in [-0.4, -0.2) is 24.5 Å². The Hall–Kier alpha value is -1.60. The normalized spacial score (nSPS) is 15.6. The highest BCUT2D eigenvalue weighted by molar-refractivity contribution is 5.63. The van der Waals surface area contributed by atoms with Crippen molar-refractivity contribution in [2.24, 2.45) is 0 Å². The molecule has 2 aromatic carbocycles. The fraction of sp³-hybridized carbons (Fsp3) is 0.368. The smallest absolute Gasteiger partial charge is 0.00156 e. The molecule has 1 saturated heterocycles. The number of hydrogen-bond acceptors (Lipinski definition) is 1. The molecule has 20 heavy (non-hydrogen) atoms. The van der Waals surface area contributed by atoms with E-state index in [1.807, 2.05) is 0 Å². The molecule has 1 fully saturated rings. The summed E-state index contributed by atoms with van der Waals surface area (Å²) in [5.41, 5.74) is 4.08. The predicted octanol–water partition coefficient (Wildman–Crippen LogP) is 4.38. The van der Waals surface area contributed by atoms with Gasteiger partial charge in [0.2, 0.25) is 0 Å². The minimum Gasteiger partial charge on any atom is -0.303 e. The van der Waals surface area contributed by atoms with Crippen molar-refractivity contribution < 1.29 is 0 Å². The second-order valence-corrected chi connectivity index (χ2v) is 5.72. The lowest BCUT2D eigenvalue weighted by molar-refractivity contribution is 0.334. The molecule has 0 unspecified atom stereocenters. The second kappa shape index (κ2) is 6.71. The quantitative estimate of drug-likeness (QED) is 0.775. The standard InChI is InChI=1S/C19H23N/c1-2-8-18(9-3-1)19-12-10-17(11-13-19)7-6-16-20-14-4-5-15-20/h1-3,8-13H,4-7,14-16H2. The molecule has 1 aliphatic rings. The number of nitrogens with zero attached hydrogens (tertiary/aromatic N) is 1. The third-order valence-electron chi connectivity index (χ3n) is 4.20. The highest BCUT2D eigenvalue weighted by atomic mass is 15.1. The van der Waals surface area contributed by atoms with E-state index in [2.05, 4.69) is 59.5 Å². The van der Waals surface area contributed by atoms with Crippen LogP contribution in [0, 0.1) is 0 Å². The molecular weight excluding hydrogens is 242 g/mol. The van der Waals surface area contributed by atoms with Crippen LogP contribution in [-0.2, 0) is 6.42 Å². The Labute approximate surface area is 122 Å². The molecule has 104 valence electrons. The molecular formula is C19H23N. The van der Waals surface area contributed by atoms with Gasteiger partial charge in [0, 0.05) is 0 Å². The minimum absolute atomic E-state index is 1.20. The number of hydrogen-bond donors (Lipinski definition) is 0. The van der Waals surface area contributed by atoms with Gasteiger partial charge in [-0.25, -0.2) is 0 Å². The van der Waals surface area contributed by atoms with Crippen LogP contribution in [0.1, 0.15) is 24.8 Å². The second-order valence-electron chi connectivity index (χ2n) is 5.72. The fourth-order valence-electron chi connectivity index (χ4n) is 3.01. The third kappa shape index (κ3) is 3.49. The highest BCUT2D eigenvalue weighted by Gasteiger charge is 2.10. The van der Waals surface area contributed by atoms with Crippen molar-refractivity contribution in [3.63, 3.8) is 0 Å². The van der Waals surface area contributed by atoms with E-state index in [1.54, 1.807) is 0 Å². The molecule has 0 saturated carbocycles. The summed E-state index contributed by atoms with van der Waals surface area (Å²) in [6.07, 6.45) is 5.27. The van der Waals surface area contributed by atoms with Crippen LogP contribution in [0.5, 0.6) is 0 Å². The summed E-state index contributed by atoms with van der Waals surface area (Å²) in [7, 11) is 0. The van der Waals surface area contributed by atoms with Gasteiger partial charge in [0.1, 0.15) is 0 Å². The zero-order valence-electron chi connectivity index (χ0n) is 12.1. The van der Waals surface area contributed by atoms with Crippen molar-refractivity contribution in [1.29, 1.82) is 0 Å². The van der Waals surface area contributed by atoms with Gasteiger partial charge in [-0.15, -0.1) is 0 Å². The fourth-order valence-corrected chi connectivity index (χ4v) is 3.01. The lowest BCUT2D eigenvalue weighted by Gasteiger charge is -2.14. The van der Waals surface area contributed by atoms with Crippen molar-refractivity contribution >= 4 is 0 Å². The zero-order chi connectivity index (χ0) is 13.6. The molecule has 1 aliphatic heterocycles. The van der Waals surface area contributed by atoms with Crippen LogP contribution >= 0.6 is 0 Å². The van der Waals surface area contributed by atoms with E-state index < -0.39 is 0 Å². The van der Waals surface area contributed by atoms with Gasteiger partial charge in [-0.1, -0.05) is 54.6 Å². The van der Waals surface area contributed by atoms with Gasteiger partial charge in [-0.3, -0.25) is 0 Å². The van der Waals surface area contributed by atoms with Gasteiger partial charge in [-0.05, 0) is 62.0 Å². The molecule has 0 atom stereocenters. The first kappa shape index (κ1) is 13.4. The summed E-state index contributed by atoms with van der Waals surface area (Å²) in [5, 5.41) is 0. The lowest BCUT2D eigenvalue weighted by Crippen LogP contribution is -2.20. The van der Waals surface area contributed by atoms with Crippen molar-refractivity contribution in [3.05, 3.63) is 60.2 Å². The molecule has 0 bridgehead atoms. The molecule has 2 aromatic rings. The summed E-state index contributed by atoms with van der Waals surface area (Å²) < 4.78 is 0. The lowest BCUT2D eigenvalue weighted by atomic mass is 10.0. The summed E-state index contributed by atoms with van der Waals surface area (Å²) in [6, 6.07) is 19.7. The molecule has 1 nitrogen and oxygen atoms in total.